The van der Waals surface area contributed by atoms with Gasteiger partial charge in [0.1, 0.15) is 12.2 Å². The Morgan fingerprint density at radius 3 is 2.65 bits per heavy atom. The van der Waals surface area contributed by atoms with Crippen LogP contribution >= 0.6 is 0 Å². The smallest absolute Gasteiger partial charge is 0.371 e. The molecular weight excluding hydrogens is 252 g/mol. The molecule has 2 atom stereocenters. The zero-order chi connectivity index (χ0) is 14.6. The molecule has 0 saturated carbocycles. The van der Waals surface area contributed by atoms with Gasteiger partial charge in [-0.2, -0.15) is 0 Å². The van der Waals surface area contributed by atoms with Crippen LogP contribution in [-0.2, 0) is 9.53 Å². The molecule has 2 unspecified atom stereocenters. The largest absolute Gasteiger partial charge is 0.461 e. The van der Waals surface area contributed by atoms with Gasteiger partial charge in [-0.05, 0) is 32.2 Å². The zero-order valence-electron chi connectivity index (χ0n) is 12.3. The molecular formula is C16H23N2O2+. The van der Waals surface area contributed by atoms with Crippen LogP contribution in [0.1, 0.15) is 26.7 Å². The molecule has 0 aromatic heterocycles. The zero-order valence-corrected chi connectivity index (χ0v) is 12.3. The van der Waals surface area contributed by atoms with Crippen molar-refractivity contribution in [2.45, 2.75) is 32.7 Å². The number of aliphatic imine (C=N–C) groups is 1. The minimum atomic E-state index is -0.0745. The number of ether oxygens (including phenoxy) is 1. The Labute approximate surface area is 120 Å². The summed E-state index contributed by atoms with van der Waals surface area (Å²) in [5.74, 6) is -0.0745. The van der Waals surface area contributed by atoms with Crippen LogP contribution in [0.5, 0.6) is 0 Å². The van der Waals surface area contributed by atoms with Crippen molar-refractivity contribution in [1.82, 2.24) is 4.48 Å². The molecule has 0 amide bonds. The lowest BCUT2D eigenvalue weighted by Crippen LogP contribution is -2.34. The highest BCUT2D eigenvalue weighted by Crippen LogP contribution is 2.40. The molecule has 0 bridgehead atoms. The Hall–Kier alpha value is -1.68. The van der Waals surface area contributed by atoms with Gasteiger partial charge in [0, 0.05) is 12.1 Å². The maximum Gasteiger partial charge on any atom is 0.371 e. The highest BCUT2D eigenvalue weighted by atomic mass is 16.5. The molecule has 1 heterocycles. The number of unbranched alkanes of at least 4 members (excludes halogenated alkanes) is 1. The highest BCUT2D eigenvalue weighted by Gasteiger charge is 2.61. The SMILES string of the molecule is C=Nc1ccc([N+]2(CCCC)CC2C(=O)OCC)cc1. The van der Waals surface area contributed by atoms with Crippen LogP contribution in [0.15, 0.2) is 29.3 Å². The van der Waals surface area contributed by atoms with Gasteiger partial charge in [0.25, 0.3) is 0 Å². The molecule has 0 aliphatic carbocycles. The fourth-order valence-electron chi connectivity index (χ4n) is 2.73. The molecule has 0 N–H and O–H groups in total. The van der Waals surface area contributed by atoms with Crippen molar-refractivity contribution >= 4 is 24.1 Å². The number of quaternary nitrogens is 1. The molecule has 1 saturated heterocycles. The van der Waals surface area contributed by atoms with E-state index >= 15 is 0 Å². The summed E-state index contributed by atoms with van der Waals surface area (Å²) in [5.41, 5.74) is 2.03. The third-order valence-electron chi connectivity index (χ3n) is 3.98. The van der Waals surface area contributed by atoms with Gasteiger partial charge < -0.3 is 4.74 Å². The third-order valence-corrected chi connectivity index (χ3v) is 3.98. The number of hydrogen-bond acceptors (Lipinski definition) is 3. The van der Waals surface area contributed by atoms with Gasteiger partial charge in [0.15, 0.2) is 0 Å². The van der Waals surface area contributed by atoms with E-state index in [1.807, 2.05) is 19.1 Å². The van der Waals surface area contributed by atoms with Crippen molar-refractivity contribution in [3.63, 3.8) is 0 Å². The minimum absolute atomic E-state index is 0.0379. The molecule has 4 nitrogen and oxygen atoms in total. The van der Waals surface area contributed by atoms with Crippen LogP contribution in [0.4, 0.5) is 11.4 Å². The van der Waals surface area contributed by atoms with E-state index in [0.717, 1.165) is 36.1 Å². The highest BCUT2D eigenvalue weighted by molar-refractivity contribution is 5.84. The van der Waals surface area contributed by atoms with Gasteiger partial charge in [-0.1, -0.05) is 13.3 Å². The predicted molar refractivity (Wildman–Crippen MR) is 82.5 cm³/mol. The first-order chi connectivity index (χ1) is 9.67. The molecule has 108 valence electrons. The summed E-state index contributed by atoms with van der Waals surface area (Å²) in [7, 11) is 0. The number of benzene rings is 1. The monoisotopic (exact) mass is 275 g/mol. The minimum Gasteiger partial charge on any atom is -0.461 e. The fourth-order valence-corrected chi connectivity index (χ4v) is 2.73. The first kappa shape index (κ1) is 14.7. The molecule has 1 aromatic carbocycles. The Bertz CT molecular complexity index is 484. The van der Waals surface area contributed by atoms with Crippen LogP contribution in [0.2, 0.25) is 0 Å². The van der Waals surface area contributed by atoms with Crippen LogP contribution in [0.3, 0.4) is 0 Å². The van der Waals surface area contributed by atoms with E-state index in [9.17, 15) is 4.79 Å². The molecule has 0 spiro atoms. The quantitative estimate of drug-likeness (QED) is 0.332. The van der Waals surface area contributed by atoms with Gasteiger partial charge in [0.05, 0.1) is 18.8 Å². The Morgan fingerprint density at radius 1 is 1.40 bits per heavy atom. The van der Waals surface area contributed by atoms with E-state index in [0.29, 0.717) is 6.61 Å². The van der Waals surface area contributed by atoms with Gasteiger partial charge in [-0.15, -0.1) is 0 Å². The van der Waals surface area contributed by atoms with Crippen molar-refractivity contribution in [1.29, 1.82) is 0 Å². The van der Waals surface area contributed by atoms with Gasteiger partial charge in [-0.3, -0.25) is 9.48 Å². The lowest BCUT2D eigenvalue weighted by molar-refractivity contribution is -0.143. The average molecular weight is 275 g/mol. The Morgan fingerprint density at radius 2 is 2.10 bits per heavy atom. The van der Waals surface area contributed by atoms with Crippen molar-refractivity contribution in [3.8, 4) is 0 Å². The summed E-state index contributed by atoms with van der Waals surface area (Å²) in [6, 6.07) is 7.98. The Kier molecular flexibility index (Phi) is 4.55. The number of nitrogens with zero attached hydrogens (tertiary/aromatic N) is 2. The van der Waals surface area contributed by atoms with E-state index < -0.39 is 0 Å². The first-order valence-corrected chi connectivity index (χ1v) is 7.28. The number of rotatable bonds is 7. The molecule has 20 heavy (non-hydrogen) atoms. The summed E-state index contributed by atoms with van der Waals surface area (Å²) in [5, 5.41) is 0. The van der Waals surface area contributed by atoms with Crippen molar-refractivity contribution in [2.24, 2.45) is 4.99 Å². The summed E-state index contributed by atoms with van der Waals surface area (Å²) in [6.45, 7) is 9.83. The number of carbonyl (C=O) groups excluding carboxylic acids is 1. The second kappa shape index (κ2) is 6.18. The van der Waals surface area contributed by atoms with Crippen LogP contribution < -0.4 is 4.48 Å². The van der Waals surface area contributed by atoms with Crippen LogP contribution in [0, 0.1) is 0 Å². The topological polar surface area (TPSA) is 38.7 Å². The van der Waals surface area contributed by atoms with Crippen LogP contribution in [-0.4, -0.2) is 38.4 Å². The van der Waals surface area contributed by atoms with E-state index in [1.54, 1.807) is 0 Å². The van der Waals surface area contributed by atoms with Crippen molar-refractivity contribution in [2.75, 3.05) is 19.7 Å². The van der Waals surface area contributed by atoms with E-state index in [2.05, 4.69) is 30.8 Å². The maximum atomic E-state index is 12.0. The molecule has 1 aliphatic heterocycles. The molecule has 1 aliphatic rings. The van der Waals surface area contributed by atoms with E-state index in [-0.39, 0.29) is 12.0 Å². The summed E-state index contributed by atoms with van der Waals surface area (Å²) in [6.07, 6.45) is 2.24. The first-order valence-electron chi connectivity index (χ1n) is 7.28. The van der Waals surface area contributed by atoms with Crippen LogP contribution in [0.25, 0.3) is 0 Å². The van der Waals surface area contributed by atoms with Gasteiger partial charge in [-0.25, -0.2) is 4.79 Å². The summed E-state index contributed by atoms with van der Waals surface area (Å²) >= 11 is 0. The summed E-state index contributed by atoms with van der Waals surface area (Å²) in [4.78, 5) is 15.9. The number of esters is 1. The standard InChI is InChI=1S/C16H23N2O2/c1-4-6-11-18(12-15(18)16(19)20-5-2)14-9-7-13(17-3)8-10-14/h7-10,15H,3-6,11-12H2,1-2H3/q+1. The van der Waals surface area contributed by atoms with Gasteiger partial charge >= 0.3 is 5.97 Å². The summed E-state index contributed by atoms with van der Waals surface area (Å²) < 4.78 is 5.91. The lowest BCUT2D eigenvalue weighted by Gasteiger charge is -2.19. The second-order valence-corrected chi connectivity index (χ2v) is 5.24. The van der Waals surface area contributed by atoms with E-state index in [4.69, 9.17) is 4.74 Å². The molecule has 2 rings (SSSR count). The van der Waals surface area contributed by atoms with Crippen molar-refractivity contribution < 1.29 is 9.53 Å². The lowest BCUT2D eigenvalue weighted by atomic mass is 10.2. The van der Waals surface area contributed by atoms with Gasteiger partial charge in [0.2, 0.25) is 6.04 Å². The third kappa shape index (κ3) is 2.75. The second-order valence-electron chi connectivity index (χ2n) is 5.24. The molecule has 1 aromatic rings. The molecule has 4 heteroatoms. The normalized spacial score (nSPS) is 24.2. The number of hydrogen-bond donors (Lipinski definition) is 0. The maximum absolute atomic E-state index is 12.0. The molecule has 0 radical (unpaired) electrons. The van der Waals surface area contributed by atoms with Crippen molar-refractivity contribution in [3.05, 3.63) is 24.3 Å². The predicted octanol–water partition coefficient (Wildman–Crippen LogP) is 3.07. The number of carbonyl (C=O) groups is 1. The average Bonchev–Trinajstić information content (AvgIpc) is 3.21. The Balaban J connectivity index is 2.20. The fraction of sp³-hybridized carbons (Fsp3) is 0.500. The van der Waals surface area contributed by atoms with E-state index in [1.165, 1.54) is 5.69 Å². The molecule has 1 fully saturated rings.